The van der Waals surface area contributed by atoms with Crippen molar-refractivity contribution in [3.8, 4) is 5.75 Å². The zero-order valence-corrected chi connectivity index (χ0v) is 16.0. The van der Waals surface area contributed by atoms with E-state index in [2.05, 4.69) is 16.0 Å². The van der Waals surface area contributed by atoms with Crippen molar-refractivity contribution in [2.75, 3.05) is 17.2 Å². The molecule has 148 valence electrons. The molecular weight excluding hydrogens is 384 g/mol. The van der Waals surface area contributed by atoms with Gasteiger partial charge in [-0.15, -0.1) is 0 Å². The van der Waals surface area contributed by atoms with Crippen molar-refractivity contribution in [1.82, 2.24) is 5.32 Å². The normalized spacial score (nSPS) is 10.1. The number of amides is 4. The molecule has 4 amide bonds. The van der Waals surface area contributed by atoms with Crippen LogP contribution in [0.25, 0.3) is 0 Å². The zero-order valence-electron chi connectivity index (χ0n) is 15.3. The zero-order chi connectivity index (χ0) is 20.5. The minimum absolute atomic E-state index is 0.142. The lowest BCUT2D eigenvalue weighted by Crippen LogP contribution is -2.28. The number of carbonyl (C=O) groups is 3. The van der Waals surface area contributed by atoms with E-state index in [1.807, 2.05) is 0 Å². The molecule has 0 unspecified atom stereocenters. The van der Waals surface area contributed by atoms with Crippen LogP contribution < -0.4 is 26.4 Å². The molecule has 0 atom stereocenters. The Morgan fingerprint density at radius 2 is 1.89 bits per heavy atom. The number of rotatable bonds is 8. The standard InChI is InChI=1S/C19H21ClN4O4/c1-2-18(26)23-13-6-7-15(20)16(9-13)24-19(27)22-10-12-4-3-5-14(8-12)28-11-17(21)25/h3-9H,2,10-11H2,1H3,(H2,21,25)(H,23,26)(H2,22,24,27). The van der Waals surface area contributed by atoms with E-state index in [0.29, 0.717) is 28.6 Å². The van der Waals surface area contributed by atoms with E-state index in [4.69, 9.17) is 22.1 Å². The molecule has 0 fully saturated rings. The fourth-order valence-corrected chi connectivity index (χ4v) is 2.36. The van der Waals surface area contributed by atoms with Gasteiger partial charge in [-0.05, 0) is 35.9 Å². The Bertz CT molecular complexity index is 873. The number of hydrogen-bond acceptors (Lipinski definition) is 4. The molecule has 0 aliphatic rings. The molecule has 0 radical (unpaired) electrons. The molecule has 0 saturated carbocycles. The average Bonchev–Trinajstić information content (AvgIpc) is 2.67. The summed E-state index contributed by atoms with van der Waals surface area (Å²) in [4.78, 5) is 34.4. The highest BCUT2D eigenvalue weighted by molar-refractivity contribution is 6.33. The number of anilines is 2. The number of ether oxygens (including phenoxy) is 1. The second kappa shape index (κ2) is 10.2. The van der Waals surface area contributed by atoms with Gasteiger partial charge in [-0.1, -0.05) is 30.7 Å². The van der Waals surface area contributed by atoms with E-state index in [0.717, 1.165) is 5.56 Å². The number of urea groups is 1. The summed E-state index contributed by atoms with van der Waals surface area (Å²) in [5.74, 6) is -0.241. The van der Waals surface area contributed by atoms with Gasteiger partial charge in [0.2, 0.25) is 5.91 Å². The summed E-state index contributed by atoms with van der Waals surface area (Å²) in [6.07, 6.45) is 0.341. The third-order valence-electron chi connectivity index (χ3n) is 3.55. The molecule has 0 spiro atoms. The van der Waals surface area contributed by atoms with Crippen LogP contribution in [0.4, 0.5) is 16.2 Å². The van der Waals surface area contributed by atoms with Gasteiger partial charge in [0, 0.05) is 18.7 Å². The van der Waals surface area contributed by atoms with Crippen molar-refractivity contribution in [3.63, 3.8) is 0 Å². The summed E-state index contributed by atoms with van der Waals surface area (Å²) in [6, 6.07) is 11.3. The number of halogens is 1. The second-order valence-corrected chi connectivity index (χ2v) is 6.21. The molecule has 28 heavy (non-hydrogen) atoms. The summed E-state index contributed by atoms with van der Waals surface area (Å²) < 4.78 is 5.23. The number of benzene rings is 2. The Hall–Kier alpha value is -3.26. The fourth-order valence-electron chi connectivity index (χ4n) is 2.20. The SMILES string of the molecule is CCC(=O)Nc1ccc(Cl)c(NC(=O)NCc2cccc(OCC(N)=O)c2)c1. The van der Waals surface area contributed by atoms with Gasteiger partial charge in [0.15, 0.2) is 6.61 Å². The Labute approximate surface area is 167 Å². The third kappa shape index (κ3) is 6.81. The lowest BCUT2D eigenvalue weighted by molar-refractivity contribution is -0.120. The number of nitrogens with two attached hydrogens (primary N) is 1. The van der Waals surface area contributed by atoms with Crippen molar-refractivity contribution in [1.29, 1.82) is 0 Å². The molecule has 0 saturated heterocycles. The van der Waals surface area contributed by atoms with Crippen molar-refractivity contribution in [3.05, 3.63) is 53.1 Å². The molecule has 2 rings (SSSR count). The van der Waals surface area contributed by atoms with Crippen LogP contribution in [0.5, 0.6) is 5.75 Å². The average molecular weight is 405 g/mol. The van der Waals surface area contributed by atoms with Crippen LogP contribution in [-0.2, 0) is 16.1 Å². The molecular formula is C19H21ClN4O4. The van der Waals surface area contributed by atoms with Crippen LogP contribution in [-0.4, -0.2) is 24.5 Å². The number of nitrogens with one attached hydrogen (secondary N) is 3. The van der Waals surface area contributed by atoms with Crippen LogP contribution in [0.3, 0.4) is 0 Å². The minimum atomic E-state index is -0.572. The maximum atomic E-state index is 12.2. The van der Waals surface area contributed by atoms with Crippen LogP contribution in [0.1, 0.15) is 18.9 Å². The summed E-state index contributed by atoms with van der Waals surface area (Å²) >= 11 is 6.10. The monoisotopic (exact) mass is 404 g/mol. The molecule has 0 aliphatic carbocycles. The maximum absolute atomic E-state index is 12.2. The summed E-state index contributed by atoms with van der Waals surface area (Å²) in [5, 5.41) is 8.38. The molecule has 2 aromatic rings. The highest BCUT2D eigenvalue weighted by atomic mass is 35.5. The highest BCUT2D eigenvalue weighted by Crippen LogP contribution is 2.25. The molecule has 8 nitrogen and oxygen atoms in total. The molecule has 0 aromatic heterocycles. The Kier molecular flexibility index (Phi) is 7.65. The number of primary amides is 1. The molecule has 2 aromatic carbocycles. The molecule has 5 N–H and O–H groups in total. The Balaban J connectivity index is 1.94. The van der Waals surface area contributed by atoms with Gasteiger partial charge >= 0.3 is 6.03 Å². The highest BCUT2D eigenvalue weighted by Gasteiger charge is 2.08. The third-order valence-corrected chi connectivity index (χ3v) is 3.88. The van der Waals surface area contributed by atoms with Crippen LogP contribution in [0, 0.1) is 0 Å². The van der Waals surface area contributed by atoms with E-state index in [9.17, 15) is 14.4 Å². The topological polar surface area (TPSA) is 123 Å². The van der Waals surface area contributed by atoms with Crippen molar-refractivity contribution < 1.29 is 19.1 Å². The lowest BCUT2D eigenvalue weighted by atomic mass is 10.2. The fraction of sp³-hybridized carbons (Fsp3) is 0.211. The Morgan fingerprint density at radius 1 is 1.11 bits per heavy atom. The van der Waals surface area contributed by atoms with Crippen LogP contribution in [0.15, 0.2) is 42.5 Å². The summed E-state index contributed by atoms with van der Waals surface area (Å²) in [7, 11) is 0. The van der Waals surface area contributed by atoms with Crippen LogP contribution in [0.2, 0.25) is 5.02 Å². The van der Waals surface area contributed by atoms with E-state index >= 15 is 0 Å². The van der Waals surface area contributed by atoms with E-state index in [1.54, 1.807) is 49.4 Å². The largest absolute Gasteiger partial charge is 0.484 e. The van der Waals surface area contributed by atoms with Gasteiger partial charge in [0.25, 0.3) is 5.91 Å². The molecule has 9 heteroatoms. The van der Waals surface area contributed by atoms with E-state index in [-0.39, 0.29) is 19.1 Å². The summed E-state index contributed by atoms with van der Waals surface area (Å²) in [5.41, 5.74) is 6.72. The van der Waals surface area contributed by atoms with Crippen molar-refractivity contribution >= 4 is 40.8 Å². The Morgan fingerprint density at radius 3 is 2.61 bits per heavy atom. The smallest absolute Gasteiger partial charge is 0.319 e. The first-order valence-electron chi connectivity index (χ1n) is 8.51. The van der Waals surface area contributed by atoms with Gasteiger partial charge in [-0.25, -0.2) is 4.79 Å². The van der Waals surface area contributed by atoms with Gasteiger partial charge in [0.1, 0.15) is 5.75 Å². The first-order chi connectivity index (χ1) is 13.4. The van der Waals surface area contributed by atoms with Gasteiger partial charge in [-0.2, -0.15) is 0 Å². The second-order valence-electron chi connectivity index (χ2n) is 5.81. The van der Waals surface area contributed by atoms with Crippen LogP contribution >= 0.6 is 11.6 Å². The van der Waals surface area contributed by atoms with Gasteiger partial charge in [-0.3, -0.25) is 9.59 Å². The van der Waals surface area contributed by atoms with Gasteiger partial charge in [0.05, 0.1) is 10.7 Å². The van der Waals surface area contributed by atoms with E-state index in [1.165, 1.54) is 0 Å². The van der Waals surface area contributed by atoms with Gasteiger partial charge < -0.3 is 26.4 Å². The maximum Gasteiger partial charge on any atom is 0.319 e. The molecule has 0 aliphatic heterocycles. The molecule has 0 bridgehead atoms. The predicted molar refractivity (Wildman–Crippen MR) is 107 cm³/mol. The van der Waals surface area contributed by atoms with Crippen molar-refractivity contribution in [2.24, 2.45) is 5.73 Å². The van der Waals surface area contributed by atoms with E-state index < -0.39 is 11.9 Å². The first-order valence-corrected chi connectivity index (χ1v) is 8.89. The lowest BCUT2D eigenvalue weighted by Gasteiger charge is -2.12. The predicted octanol–water partition coefficient (Wildman–Crippen LogP) is 2.87. The number of carbonyl (C=O) groups excluding carboxylic acids is 3. The number of hydrogen-bond donors (Lipinski definition) is 4. The quantitative estimate of drug-likeness (QED) is 0.540. The first kappa shape index (κ1) is 21.0. The van der Waals surface area contributed by atoms with Crippen molar-refractivity contribution in [2.45, 2.75) is 19.9 Å². The summed E-state index contributed by atoms with van der Waals surface area (Å²) in [6.45, 7) is 1.75. The minimum Gasteiger partial charge on any atom is -0.484 e. The molecule has 0 heterocycles.